The molecule has 1 aromatic heterocycles. The number of H-pyrrole nitrogens is 1. The zero-order valence-corrected chi connectivity index (χ0v) is 11.6. The second-order valence-corrected chi connectivity index (χ2v) is 4.48. The van der Waals surface area contributed by atoms with Crippen LogP contribution in [0.25, 0.3) is 0 Å². The van der Waals surface area contributed by atoms with Crippen LogP contribution in [0.3, 0.4) is 0 Å². The fraction of sp³-hybridized carbons (Fsp3) is 0.214. The summed E-state index contributed by atoms with van der Waals surface area (Å²) in [7, 11) is 0. The van der Waals surface area contributed by atoms with Gasteiger partial charge >= 0.3 is 5.97 Å². The fourth-order valence-corrected chi connectivity index (χ4v) is 1.90. The average molecular weight is 288 g/mol. The van der Waals surface area contributed by atoms with E-state index in [0.717, 1.165) is 12.6 Å². The predicted octanol–water partition coefficient (Wildman–Crippen LogP) is 0.763. The second kappa shape index (κ2) is 6.67. The molecule has 21 heavy (non-hydrogen) atoms. The van der Waals surface area contributed by atoms with Gasteiger partial charge in [0.15, 0.2) is 0 Å². The fourth-order valence-electron chi connectivity index (χ4n) is 1.90. The van der Waals surface area contributed by atoms with Gasteiger partial charge in [-0.15, -0.1) is 0 Å². The van der Waals surface area contributed by atoms with E-state index in [1.807, 2.05) is 31.2 Å². The van der Waals surface area contributed by atoms with Crippen LogP contribution in [0.5, 0.6) is 0 Å². The van der Waals surface area contributed by atoms with Crippen LogP contribution in [-0.2, 0) is 11.3 Å². The van der Waals surface area contributed by atoms with Crippen molar-refractivity contribution in [1.82, 2.24) is 9.97 Å². The van der Waals surface area contributed by atoms with E-state index < -0.39 is 11.5 Å². The first kappa shape index (κ1) is 14.7. The molecule has 0 saturated carbocycles. The Bertz CT molecular complexity index is 697. The minimum atomic E-state index is -0.921. The van der Waals surface area contributed by atoms with Gasteiger partial charge in [-0.25, -0.2) is 9.78 Å². The Morgan fingerprint density at radius 2 is 2.19 bits per heavy atom. The maximum atomic E-state index is 11.6. The van der Waals surface area contributed by atoms with Crippen molar-refractivity contribution >= 4 is 11.9 Å². The number of hydrogen-bond acceptors (Lipinski definition) is 6. The van der Waals surface area contributed by atoms with Crippen LogP contribution in [0.4, 0.5) is 5.95 Å². The van der Waals surface area contributed by atoms with Gasteiger partial charge in [-0.3, -0.25) is 9.78 Å². The summed E-state index contributed by atoms with van der Waals surface area (Å²) in [6.45, 7) is 2.65. The number of aromatic nitrogens is 2. The second-order valence-electron chi connectivity index (χ2n) is 4.48. The summed E-state index contributed by atoms with van der Waals surface area (Å²) in [5.41, 5.74) is 1.60. The van der Waals surface area contributed by atoms with Crippen molar-refractivity contribution in [3.63, 3.8) is 0 Å². The molecule has 7 heteroatoms. The van der Waals surface area contributed by atoms with Crippen LogP contribution in [0.15, 0.2) is 35.3 Å². The molecule has 0 bridgehead atoms. The van der Waals surface area contributed by atoms with Crippen molar-refractivity contribution in [3.05, 3.63) is 57.5 Å². The zero-order chi connectivity index (χ0) is 15.2. The third-order valence-corrected chi connectivity index (χ3v) is 3.07. The van der Waals surface area contributed by atoms with Gasteiger partial charge in [-0.05, 0) is 24.5 Å². The standard InChI is InChI=1S/C14H16N4O3/c1-9-4-2-3-5-10(9)6-7-16-14-17-8-11(12(19)18-14)13(20)21-15/h2-5,8H,6-7,15H2,1H3,(H2,16,17,18,19). The van der Waals surface area contributed by atoms with Gasteiger partial charge < -0.3 is 10.2 Å². The minimum absolute atomic E-state index is 0.234. The molecule has 0 atom stereocenters. The molecule has 0 saturated heterocycles. The Hall–Kier alpha value is -2.67. The zero-order valence-electron chi connectivity index (χ0n) is 11.6. The SMILES string of the molecule is Cc1ccccc1CCNc1ncc(C(=O)ON)c(=O)[nH]1. The molecular formula is C14H16N4O3. The van der Waals surface area contributed by atoms with E-state index >= 15 is 0 Å². The molecule has 0 aliphatic heterocycles. The summed E-state index contributed by atoms with van der Waals surface area (Å²) < 4.78 is 0. The van der Waals surface area contributed by atoms with Gasteiger partial charge in [0.05, 0.1) is 6.20 Å². The lowest BCUT2D eigenvalue weighted by atomic mass is 10.1. The Morgan fingerprint density at radius 3 is 2.86 bits per heavy atom. The number of rotatable bonds is 5. The normalized spacial score (nSPS) is 10.2. The first-order valence-electron chi connectivity index (χ1n) is 6.40. The Balaban J connectivity index is 1.98. The number of nitrogens with two attached hydrogens (primary N) is 1. The lowest BCUT2D eigenvalue weighted by Gasteiger charge is -2.07. The Kier molecular flexibility index (Phi) is 4.68. The molecule has 2 rings (SSSR count). The van der Waals surface area contributed by atoms with Gasteiger partial charge in [-0.1, -0.05) is 24.3 Å². The lowest BCUT2D eigenvalue weighted by Crippen LogP contribution is -2.23. The van der Waals surface area contributed by atoms with Crippen LogP contribution >= 0.6 is 0 Å². The van der Waals surface area contributed by atoms with Crippen molar-refractivity contribution in [1.29, 1.82) is 0 Å². The Morgan fingerprint density at radius 1 is 1.43 bits per heavy atom. The highest BCUT2D eigenvalue weighted by atomic mass is 16.7. The number of aryl methyl sites for hydroxylation is 1. The van der Waals surface area contributed by atoms with E-state index in [-0.39, 0.29) is 5.56 Å². The minimum Gasteiger partial charge on any atom is -0.369 e. The molecule has 2 aromatic rings. The molecule has 0 spiro atoms. The third kappa shape index (κ3) is 3.67. The maximum Gasteiger partial charge on any atom is 0.363 e. The molecule has 0 fully saturated rings. The number of nitrogens with one attached hydrogen (secondary N) is 2. The highest BCUT2D eigenvalue weighted by molar-refractivity contribution is 5.88. The summed E-state index contributed by atoms with van der Waals surface area (Å²) in [5, 5.41) is 3.00. The van der Waals surface area contributed by atoms with Gasteiger partial charge in [0.25, 0.3) is 5.56 Å². The number of hydrogen-bond donors (Lipinski definition) is 3. The van der Waals surface area contributed by atoms with E-state index in [1.165, 1.54) is 11.1 Å². The van der Waals surface area contributed by atoms with Crippen LogP contribution in [0.2, 0.25) is 0 Å². The van der Waals surface area contributed by atoms with E-state index in [4.69, 9.17) is 5.90 Å². The average Bonchev–Trinajstić information content (AvgIpc) is 2.48. The van der Waals surface area contributed by atoms with E-state index in [2.05, 4.69) is 20.1 Å². The molecule has 1 heterocycles. The molecule has 0 amide bonds. The molecule has 110 valence electrons. The first-order chi connectivity index (χ1) is 10.1. The topological polar surface area (TPSA) is 110 Å². The van der Waals surface area contributed by atoms with Crippen molar-refractivity contribution < 1.29 is 9.63 Å². The van der Waals surface area contributed by atoms with Crippen LogP contribution in [0, 0.1) is 6.92 Å². The largest absolute Gasteiger partial charge is 0.369 e. The van der Waals surface area contributed by atoms with Crippen molar-refractivity contribution in [2.45, 2.75) is 13.3 Å². The first-order valence-corrected chi connectivity index (χ1v) is 6.40. The number of benzene rings is 1. The molecule has 0 unspecified atom stereocenters. The highest BCUT2D eigenvalue weighted by Crippen LogP contribution is 2.07. The van der Waals surface area contributed by atoms with Crippen molar-refractivity contribution in [2.24, 2.45) is 5.90 Å². The van der Waals surface area contributed by atoms with Gasteiger partial charge in [0.2, 0.25) is 5.95 Å². The van der Waals surface area contributed by atoms with E-state index in [1.54, 1.807) is 0 Å². The van der Waals surface area contributed by atoms with E-state index in [0.29, 0.717) is 12.5 Å². The number of carbonyl (C=O) groups excluding carboxylic acids is 1. The summed E-state index contributed by atoms with van der Waals surface area (Å²) in [5.74, 6) is 4.10. The van der Waals surface area contributed by atoms with Gasteiger partial charge in [-0.2, -0.15) is 5.90 Å². The van der Waals surface area contributed by atoms with Crippen molar-refractivity contribution in [2.75, 3.05) is 11.9 Å². The summed E-state index contributed by atoms with van der Waals surface area (Å²) in [6, 6.07) is 8.06. The molecule has 0 aliphatic carbocycles. The van der Waals surface area contributed by atoms with Gasteiger partial charge in [0.1, 0.15) is 5.56 Å². The molecule has 0 aliphatic rings. The third-order valence-electron chi connectivity index (χ3n) is 3.07. The molecular weight excluding hydrogens is 272 g/mol. The molecule has 0 radical (unpaired) electrons. The lowest BCUT2D eigenvalue weighted by molar-refractivity contribution is 0.0501. The Labute approximate surface area is 121 Å². The number of nitrogens with zero attached hydrogens (tertiary/aromatic N) is 1. The van der Waals surface area contributed by atoms with Crippen LogP contribution in [0.1, 0.15) is 21.5 Å². The van der Waals surface area contributed by atoms with Crippen LogP contribution in [-0.4, -0.2) is 22.5 Å². The smallest absolute Gasteiger partial charge is 0.363 e. The summed E-state index contributed by atoms with van der Waals surface area (Å²) in [6.07, 6.45) is 1.92. The summed E-state index contributed by atoms with van der Waals surface area (Å²) >= 11 is 0. The number of anilines is 1. The molecule has 7 nitrogen and oxygen atoms in total. The molecule has 4 N–H and O–H groups in total. The highest BCUT2D eigenvalue weighted by Gasteiger charge is 2.12. The predicted molar refractivity (Wildman–Crippen MR) is 77.8 cm³/mol. The monoisotopic (exact) mass is 288 g/mol. The van der Waals surface area contributed by atoms with Crippen molar-refractivity contribution in [3.8, 4) is 0 Å². The van der Waals surface area contributed by atoms with Crippen LogP contribution < -0.4 is 16.8 Å². The quantitative estimate of drug-likeness (QED) is 0.701. The van der Waals surface area contributed by atoms with E-state index in [9.17, 15) is 9.59 Å². The maximum absolute atomic E-state index is 11.6. The summed E-state index contributed by atoms with van der Waals surface area (Å²) in [4.78, 5) is 33.2. The van der Waals surface area contributed by atoms with Gasteiger partial charge in [0, 0.05) is 6.54 Å². The molecule has 1 aromatic carbocycles. The number of carbonyl (C=O) groups is 1. The number of aromatic amines is 1.